The number of nitrogens with zero attached hydrogens (tertiary/aromatic N) is 5. The lowest BCUT2D eigenvalue weighted by atomic mass is 10.1. The number of nitro benzene ring substituents is 1. The molecule has 1 N–H and O–H groups in total. The highest BCUT2D eigenvalue weighted by molar-refractivity contribution is 7.07. The normalized spacial score (nSPS) is 12.1. The second-order valence-corrected chi connectivity index (χ2v) is 6.83. The fourth-order valence-electron chi connectivity index (χ4n) is 2.69. The van der Waals surface area contributed by atoms with Gasteiger partial charge in [-0.3, -0.25) is 14.9 Å². The number of likely N-dealkylation sites (N-methyl/N-ethyl adjacent to an activating group) is 1. The van der Waals surface area contributed by atoms with Gasteiger partial charge in [0.25, 0.3) is 11.6 Å². The molecule has 10 heteroatoms. The SMILES string of the molecule is CN(C)C(CNC(=O)c1ccc(-n2cncn2)c([N+](=O)[O-])c1)c1ccsc1. The summed E-state index contributed by atoms with van der Waals surface area (Å²) in [6, 6.07) is 6.31. The number of nitro groups is 1. The number of carbonyl (C=O) groups excluding carboxylic acids is 1. The van der Waals surface area contributed by atoms with Crippen molar-refractivity contribution < 1.29 is 9.72 Å². The first-order chi connectivity index (χ1) is 13.0. The third-order valence-electron chi connectivity index (χ3n) is 4.11. The molecule has 1 atom stereocenters. The van der Waals surface area contributed by atoms with Crippen molar-refractivity contribution in [2.24, 2.45) is 0 Å². The number of thiophene rings is 1. The first-order valence-electron chi connectivity index (χ1n) is 8.07. The van der Waals surface area contributed by atoms with E-state index in [4.69, 9.17) is 0 Å². The van der Waals surface area contributed by atoms with Crippen LogP contribution in [0.25, 0.3) is 5.69 Å². The van der Waals surface area contributed by atoms with E-state index in [1.807, 2.05) is 35.8 Å². The summed E-state index contributed by atoms with van der Waals surface area (Å²) in [4.78, 5) is 29.2. The van der Waals surface area contributed by atoms with Gasteiger partial charge in [-0.2, -0.15) is 16.4 Å². The van der Waals surface area contributed by atoms with Crippen LogP contribution in [-0.2, 0) is 0 Å². The lowest BCUT2D eigenvalue weighted by Gasteiger charge is -2.24. The van der Waals surface area contributed by atoms with Gasteiger partial charge in [-0.15, -0.1) is 0 Å². The lowest BCUT2D eigenvalue weighted by molar-refractivity contribution is -0.384. The number of nitrogens with one attached hydrogen (secondary N) is 1. The summed E-state index contributed by atoms with van der Waals surface area (Å²) in [5.41, 5.74) is 1.36. The van der Waals surface area contributed by atoms with Crippen LogP contribution in [0.3, 0.4) is 0 Å². The highest BCUT2D eigenvalue weighted by Crippen LogP contribution is 2.24. The average Bonchev–Trinajstić information content (AvgIpc) is 3.35. The molecular weight excluding hydrogens is 368 g/mol. The maximum Gasteiger partial charge on any atom is 0.295 e. The highest BCUT2D eigenvalue weighted by atomic mass is 32.1. The number of rotatable bonds is 7. The second-order valence-electron chi connectivity index (χ2n) is 6.05. The van der Waals surface area contributed by atoms with Gasteiger partial charge >= 0.3 is 0 Å². The molecule has 0 fully saturated rings. The smallest absolute Gasteiger partial charge is 0.295 e. The monoisotopic (exact) mass is 386 g/mol. The summed E-state index contributed by atoms with van der Waals surface area (Å²) in [6.07, 6.45) is 2.65. The molecule has 1 unspecified atom stereocenters. The predicted octanol–water partition coefficient (Wildman–Crippen LogP) is 2.27. The molecule has 0 aliphatic rings. The third-order valence-corrected chi connectivity index (χ3v) is 4.81. The van der Waals surface area contributed by atoms with Crippen LogP contribution < -0.4 is 5.32 Å². The first-order valence-corrected chi connectivity index (χ1v) is 9.02. The van der Waals surface area contributed by atoms with Crippen molar-refractivity contribution >= 4 is 22.9 Å². The Morgan fingerprint density at radius 2 is 2.22 bits per heavy atom. The van der Waals surface area contributed by atoms with Gasteiger partial charge in [-0.05, 0) is 48.6 Å². The Balaban J connectivity index is 1.78. The molecule has 140 valence electrons. The number of benzene rings is 1. The van der Waals surface area contributed by atoms with Gasteiger partial charge in [-0.1, -0.05) is 0 Å². The van der Waals surface area contributed by atoms with Gasteiger partial charge in [0, 0.05) is 18.2 Å². The van der Waals surface area contributed by atoms with E-state index in [2.05, 4.69) is 15.4 Å². The van der Waals surface area contributed by atoms with Crippen molar-refractivity contribution in [3.8, 4) is 5.69 Å². The maximum atomic E-state index is 12.5. The Labute approximate surface area is 159 Å². The molecule has 0 spiro atoms. The minimum Gasteiger partial charge on any atom is -0.350 e. The molecule has 1 aromatic carbocycles. The maximum absolute atomic E-state index is 12.5. The molecule has 2 heterocycles. The van der Waals surface area contributed by atoms with Crippen molar-refractivity contribution in [1.29, 1.82) is 0 Å². The molecule has 0 aliphatic heterocycles. The van der Waals surface area contributed by atoms with Crippen molar-refractivity contribution in [2.45, 2.75) is 6.04 Å². The van der Waals surface area contributed by atoms with Crippen LogP contribution in [0.15, 0.2) is 47.7 Å². The van der Waals surface area contributed by atoms with Gasteiger partial charge in [0.2, 0.25) is 0 Å². The molecule has 3 aromatic rings. The van der Waals surface area contributed by atoms with Gasteiger partial charge in [-0.25, -0.2) is 9.67 Å². The van der Waals surface area contributed by atoms with E-state index >= 15 is 0 Å². The topological polar surface area (TPSA) is 106 Å². The minimum absolute atomic E-state index is 0.0182. The second kappa shape index (κ2) is 8.06. The molecule has 0 aliphatic carbocycles. The third kappa shape index (κ3) is 4.18. The van der Waals surface area contributed by atoms with E-state index in [1.165, 1.54) is 35.5 Å². The van der Waals surface area contributed by atoms with Crippen molar-refractivity contribution in [3.05, 3.63) is 68.9 Å². The molecule has 27 heavy (non-hydrogen) atoms. The molecule has 0 saturated heterocycles. The van der Waals surface area contributed by atoms with Crippen LogP contribution >= 0.6 is 11.3 Å². The molecule has 9 nitrogen and oxygen atoms in total. The van der Waals surface area contributed by atoms with Gasteiger partial charge in [0.15, 0.2) is 0 Å². The first kappa shape index (κ1) is 18.7. The van der Waals surface area contributed by atoms with Gasteiger partial charge < -0.3 is 10.2 Å². The summed E-state index contributed by atoms with van der Waals surface area (Å²) < 4.78 is 1.29. The average molecular weight is 386 g/mol. The Hall–Kier alpha value is -3.11. The number of amides is 1. The zero-order valence-electron chi connectivity index (χ0n) is 14.8. The van der Waals surface area contributed by atoms with Crippen molar-refractivity contribution in [3.63, 3.8) is 0 Å². The number of hydrogen-bond donors (Lipinski definition) is 1. The Kier molecular flexibility index (Phi) is 5.57. The largest absolute Gasteiger partial charge is 0.350 e. The van der Waals surface area contributed by atoms with Crippen molar-refractivity contribution in [2.75, 3.05) is 20.6 Å². The minimum atomic E-state index is -0.540. The molecule has 0 saturated carbocycles. The Bertz CT molecular complexity index is 924. The van der Waals surface area contributed by atoms with E-state index in [0.29, 0.717) is 6.54 Å². The molecular formula is C17H18N6O3S. The van der Waals surface area contributed by atoms with Crippen LogP contribution in [0.4, 0.5) is 5.69 Å². The van der Waals surface area contributed by atoms with Gasteiger partial charge in [0.05, 0.1) is 11.0 Å². The Morgan fingerprint density at radius 1 is 1.41 bits per heavy atom. The van der Waals surface area contributed by atoms with Crippen LogP contribution in [0.2, 0.25) is 0 Å². The summed E-state index contributed by atoms with van der Waals surface area (Å²) in [7, 11) is 3.87. The molecule has 2 aromatic heterocycles. The molecule has 0 radical (unpaired) electrons. The fourth-order valence-corrected chi connectivity index (χ4v) is 3.40. The summed E-state index contributed by atoms with van der Waals surface area (Å²) >= 11 is 1.59. The fraction of sp³-hybridized carbons (Fsp3) is 0.235. The number of hydrogen-bond acceptors (Lipinski definition) is 7. The lowest BCUT2D eigenvalue weighted by Crippen LogP contribution is -2.34. The predicted molar refractivity (Wildman–Crippen MR) is 101 cm³/mol. The zero-order chi connectivity index (χ0) is 19.4. The Morgan fingerprint density at radius 3 is 2.81 bits per heavy atom. The summed E-state index contributed by atoms with van der Waals surface area (Å²) in [5.74, 6) is -0.370. The van der Waals surface area contributed by atoms with Gasteiger partial charge in [0.1, 0.15) is 18.3 Å². The van der Waals surface area contributed by atoms with Crippen LogP contribution in [0.1, 0.15) is 22.0 Å². The van der Waals surface area contributed by atoms with E-state index < -0.39 is 4.92 Å². The van der Waals surface area contributed by atoms with E-state index in [1.54, 1.807) is 11.3 Å². The van der Waals surface area contributed by atoms with Crippen LogP contribution in [-0.4, -0.2) is 51.1 Å². The van der Waals surface area contributed by atoms with E-state index in [9.17, 15) is 14.9 Å². The van der Waals surface area contributed by atoms with Crippen LogP contribution in [0, 0.1) is 10.1 Å². The number of carbonyl (C=O) groups is 1. The molecule has 0 bridgehead atoms. The quantitative estimate of drug-likeness (QED) is 0.493. The standard InChI is InChI=1S/C17H18N6O3S/c1-21(2)16(13-5-6-27-9-13)8-19-17(24)12-3-4-14(15(7-12)23(25)26)22-11-18-10-20-22/h3-7,9-11,16H,8H2,1-2H3,(H,19,24). The highest BCUT2D eigenvalue weighted by Gasteiger charge is 2.21. The van der Waals surface area contributed by atoms with Crippen molar-refractivity contribution in [1.82, 2.24) is 25.0 Å². The zero-order valence-corrected chi connectivity index (χ0v) is 15.6. The molecule has 1 amide bonds. The van der Waals surface area contributed by atoms with Crippen LogP contribution in [0.5, 0.6) is 0 Å². The number of aromatic nitrogens is 3. The summed E-state index contributed by atoms with van der Waals surface area (Å²) in [6.45, 7) is 0.390. The van der Waals surface area contributed by atoms with E-state index in [0.717, 1.165) is 5.56 Å². The molecule has 3 rings (SSSR count). The van der Waals surface area contributed by atoms with E-state index in [-0.39, 0.29) is 28.9 Å². The summed E-state index contributed by atoms with van der Waals surface area (Å²) in [5, 5.41) is 22.2.